The smallest absolute Gasteiger partial charge is 0.271 e. The first-order valence-electron chi connectivity index (χ1n) is 8.34. The van der Waals surface area contributed by atoms with E-state index in [1.54, 1.807) is 5.38 Å². The quantitative estimate of drug-likeness (QED) is 0.706. The number of aryl methyl sites for hydroxylation is 1. The molecule has 0 saturated heterocycles. The van der Waals surface area contributed by atoms with Crippen LogP contribution in [0.1, 0.15) is 53.2 Å². The van der Waals surface area contributed by atoms with E-state index in [9.17, 15) is 4.79 Å². The lowest BCUT2D eigenvalue weighted by molar-refractivity contribution is 0.0933. The molecule has 1 aromatic carbocycles. The number of nitrogens with one attached hydrogen (secondary N) is 1. The van der Waals surface area contributed by atoms with Gasteiger partial charge < -0.3 is 5.32 Å². The predicted octanol–water partition coefficient (Wildman–Crippen LogP) is 3.23. The molecule has 0 aliphatic heterocycles. The minimum atomic E-state index is -0.221. The van der Waals surface area contributed by atoms with E-state index in [1.165, 1.54) is 23.2 Å². The van der Waals surface area contributed by atoms with Crippen molar-refractivity contribution in [3.8, 4) is 0 Å². The minimum absolute atomic E-state index is 0.186. The largest absolute Gasteiger partial charge is 0.341 e. The Balaban J connectivity index is 1.64. The predicted molar refractivity (Wildman–Crippen MR) is 97.6 cm³/mol. The van der Waals surface area contributed by atoms with Gasteiger partial charge in [0.25, 0.3) is 5.91 Å². The Morgan fingerprint density at radius 2 is 2.12 bits per heavy atom. The molecule has 0 aliphatic carbocycles. The van der Waals surface area contributed by atoms with Crippen molar-refractivity contribution in [2.75, 3.05) is 0 Å². The van der Waals surface area contributed by atoms with Crippen LogP contribution in [0.5, 0.6) is 0 Å². The summed E-state index contributed by atoms with van der Waals surface area (Å²) in [6, 6.07) is 9.90. The SMILES string of the molecule is CCCn1ncnc1[C@@H](C)NC(=O)c1csc(Cc2ccccc2)n1. The Labute approximate surface area is 150 Å². The van der Waals surface area contributed by atoms with Gasteiger partial charge in [0, 0.05) is 18.3 Å². The lowest BCUT2D eigenvalue weighted by atomic mass is 10.2. The third-order valence-corrected chi connectivity index (χ3v) is 4.65. The average Bonchev–Trinajstić information content (AvgIpc) is 3.26. The van der Waals surface area contributed by atoms with Crippen molar-refractivity contribution in [3.05, 3.63) is 64.1 Å². The van der Waals surface area contributed by atoms with Crippen LogP contribution in [0.3, 0.4) is 0 Å². The summed E-state index contributed by atoms with van der Waals surface area (Å²) in [4.78, 5) is 21.2. The van der Waals surface area contributed by atoms with Gasteiger partial charge in [-0.05, 0) is 18.9 Å². The maximum atomic E-state index is 12.5. The first kappa shape index (κ1) is 17.3. The van der Waals surface area contributed by atoms with Gasteiger partial charge >= 0.3 is 0 Å². The highest BCUT2D eigenvalue weighted by atomic mass is 32.1. The second-order valence-electron chi connectivity index (χ2n) is 5.83. The summed E-state index contributed by atoms with van der Waals surface area (Å²) < 4.78 is 1.83. The Morgan fingerprint density at radius 1 is 1.32 bits per heavy atom. The van der Waals surface area contributed by atoms with Crippen LogP contribution in [0.2, 0.25) is 0 Å². The van der Waals surface area contributed by atoms with Crippen molar-refractivity contribution in [1.82, 2.24) is 25.1 Å². The van der Waals surface area contributed by atoms with Crippen LogP contribution < -0.4 is 5.32 Å². The van der Waals surface area contributed by atoms with E-state index < -0.39 is 0 Å². The van der Waals surface area contributed by atoms with Crippen molar-refractivity contribution in [2.45, 2.75) is 39.3 Å². The molecular weight excluding hydrogens is 334 g/mol. The standard InChI is InChI=1S/C18H21N5OS/c1-3-9-23-17(19-12-20-23)13(2)21-18(24)15-11-25-16(22-15)10-14-7-5-4-6-8-14/h4-8,11-13H,3,9-10H2,1-2H3,(H,21,24)/t13-/m1/s1. The summed E-state index contributed by atoms with van der Waals surface area (Å²) in [6.07, 6.45) is 3.22. The van der Waals surface area contributed by atoms with Crippen molar-refractivity contribution >= 4 is 17.2 Å². The lowest BCUT2D eigenvalue weighted by Crippen LogP contribution is -2.29. The van der Waals surface area contributed by atoms with E-state index in [0.717, 1.165) is 30.2 Å². The topological polar surface area (TPSA) is 72.7 Å². The second-order valence-corrected chi connectivity index (χ2v) is 6.77. The molecule has 0 spiro atoms. The zero-order valence-corrected chi connectivity index (χ0v) is 15.2. The van der Waals surface area contributed by atoms with Crippen LogP contribution in [-0.2, 0) is 13.0 Å². The second kappa shape index (κ2) is 8.02. The Kier molecular flexibility index (Phi) is 5.55. The monoisotopic (exact) mass is 355 g/mol. The number of amides is 1. The van der Waals surface area contributed by atoms with E-state index in [-0.39, 0.29) is 11.9 Å². The molecule has 3 rings (SSSR count). The van der Waals surface area contributed by atoms with Crippen molar-refractivity contribution in [1.29, 1.82) is 0 Å². The summed E-state index contributed by atoms with van der Waals surface area (Å²) in [5, 5.41) is 9.89. The number of hydrogen-bond acceptors (Lipinski definition) is 5. The molecule has 6 nitrogen and oxygen atoms in total. The number of aromatic nitrogens is 4. The van der Waals surface area contributed by atoms with Gasteiger partial charge in [-0.1, -0.05) is 37.3 Å². The summed E-state index contributed by atoms with van der Waals surface area (Å²) >= 11 is 1.50. The normalized spacial score (nSPS) is 12.1. The number of hydrogen-bond donors (Lipinski definition) is 1. The zero-order valence-electron chi connectivity index (χ0n) is 14.3. The molecule has 1 N–H and O–H groups in total. The molecule has 0 aliphatic rings. The van der Waals surface area contributed by atoms with Crippen LogP contribution in [0.4, 0.5) is 0 Å². The highest BCUT2D eigenvalue weighted by Crippen LogP contribution is 2.16. The third-order valence-electron chi connectivity index (χ3n) is 3.80. The fourth-order valence-corrected chi connectivity index (χ4v) is 3.40. The molecule has 2 aromatic heterocycles. The van der Waals surface area contributed by atoms with Gasteiger partial charge in [-0.3, -0.25) is 4.79 Å². The molecular formula is C18H21N5OS. The van der Waals surface area contributed by atoms with E-state index >= 15 is 0 Å². The van der Waals surface area contributed by atoms with Crippen LogP contribution in [0.15, 0.2) is 42.0 Å². The Hall–Kier alpha value is -2.54. The zero-order chi connectivity index (χ0) is 17.6. The fourth-order valence-electron chi connectivity index (χ4n) is 2.59. The van der Waals surface area contributed by atoms with E-state index in [0.29, 0.717) is 5.69 Å². The van der Waals surface area contributed by atoms with Crippen molar-refractivity contribution < 1.29 is 4.79 Å². The van der Waals surface area contributed by atoms with Gasteiger partial charge in [0.05, 0.1) is 11.0 Å². The van der Waals surface area contributed by atoms with Gasteiger partial charge in [0.2, 0.25) is 0 Å². The van der Waals surface area contributed by atoms with Crippen LogP contribution in [0.25, 0.3) is 0 Å². The van der Waals surface area contributed by atoms with E-state index in [1.807, 2.05) is 29.8 Å². The lowest BCUT2D eigenvalue weighted by Gasteiger charge is -2.13. The number of nitrogens with zero attached hydrogens (tertiary/aromatic N) is 4. The minimum Gasteiger partial charge on any atom is -0.341 e. The Bertz CT molecular complexity index is 827. The molecule has 130 valence electrons. The van der Waals surface area contributed by atoms with Crippen LogP contribution >= 0.6 is 11.3 Å². The number of thiazole rings is 1. The highest BCUT2D eigenvalue weighted by Gasteiger charge is 2.18. The highest BCUT2D eigenvalue weighted by molar-refractivity contribution is 7.09. The van der Waals surface area contributed by atoms with Crippen LogP contribution in [-0.4, -0.2) is 25.7 Å². The number of carbonyl (C=O) groups excluding carboxylic acids is 1. The fraction of sp³-hybridized carbons (Fsp3) is 0.333. The van der Waals surface area contributed by atoms with Crippen molar-refractivity contribution in [3.63, 3.8) is 0 Å². The molecule has 1 amide bonds. The summed E-state index contributed by atoms with van der Waals surface area (Å²) in [7, 11) is 0. The maximum absolute atomic E-state index is 12.5. The molecule has 0 saturated carbocycles. The van der Waals surface area contributed by atoms with Gasteiger partial charge in [-0.15, -0.1) is 11.3 Å². The first-order chi connectivity index (χ1) is 12.2. The Morgan fingerprint density at radius 3 is 2.88 bits per heavy atom. The molecule has 0 bridgehead atoms. The molecule has 0 radical (unpaired) electrons. The first-order valence-corrected chi connectivity index (χ1v) is 9.22. The van der Waals surface area contributed by atoms with Gasteiger partial charge in [-0.25, -0.2) is 14.6 Å². The molecule has 2 heterocycles. The van der Waals surface area contributed by atoms with Gasteiger partial charge in [0.1, 0.15) is 17.8 Å². The molecule has 0 fully saturated rings. The number of rotatable bonds is 7. The number of carbonyl (C=O) groups is 1. The maximum Gasteiger partial charge on any atom is 0.271 e. The average molecular weight is 355 g/mol. The van der Waals surface area contributed by atoms with Gasteiger partial charge in [0.15, 0.2) is 0 Å². The van der Waals surface area contributed by atoms with Crippen LogP contribution in [0, 0.1) is 0 Å². The molecule has 7 heteroatoms. The summed E-state index contributed by atoms with van der Waals surface area (Å²) in [5.74, 6) is 0.573. The molecule has 25 heavy (non-hydrogen) atoms. The molecule has 0 unspecified atom stereocenters. The van der Waals surface area contributed by atoms with E-state index in [2.05, 4.69) is 39.4 Å². The molecule has 3 aromatic rings. The third kappa shape index (κ3) is 4.30. The molecule has 1 atom stereocenters. The van der Waals surface area contributed by atoms with Gasteiger partial charge in [-0.2, -0.15) is 5.10 Å². The number of benzene rings is 1. The summed E-state index contributed by atoms with van der Waals surface area (Å²) in [5.41, 5.74) is 1.63. The summed E-state index contributed by atoms with van der Waals surface area (Å²) in [6.45, 7) is 4.77. The van der Waals surface area contributed by atoms with E-state index in [4.69, 9.17) is 0 Å². The van der Waals surface area contributed by atoms with Crippen molar-refractivity contribution in [2.24, 2.45) is 0 Å².